The number of aromatic amines is 1. The van der Waals surface area contributed by atoms with Crippen molar-refractivity contribution in [3.63, 3.8) is 0 Å². The van der Waals surface area contributed by atoms with Crippen molar-refractivity contribution < 1.29 is 17.6 Å². The highest BCUT2D eigenvalue weighted by molar-refractivity contribution is 5.25. The van der Waals surface area contributed by atoms with Crippen LogP contribution >= 0.6 is 0 Å². The van der Waals surface area contributed by atoms with Gasteiger partial charge in [-0.25, -0.2) is 4.39 Å². The second kappa shape index (κ2) is 2.86. The Hall–Kier alpha value is -1.33. The Morgan fingerprint density at radius 2 is 1.92 bits per heavy atom. The van der Waals surface area contributed by atoms with Gasteiger partial charge in [0.05, 0.1) is 5.56 Å². The van der Waals surface area contributed by atoms with Crippen molar-refractivity contribution in [3.05, 3.63) is 33.5 Å². The van der Waals surface area contributed by atoms with Crippen molar-refractivity contribution in [1.82, 2.24) is 4.98 Å². The smallest absolute Gasteiger partial charge is 0.326 e. The van der Waals surface area contributed by atoms with Crippen LogP contribution in [0.2, 0.25) is 0 Å². The monoisotopic (exact) mass is 195 g/mol. The maximum Gasteiger partial charge on any atom is 0.418 e. The van der Waals surface area contributed by atoms with Crippen molar-refractivity contribution in [2.75, 3.05) is 0 Å². The highest BCUT2D eigenvalue weighted by atomic mass is 19.4. The van der Waals surface area contributed by atoms with E-state index in [-0.39, 0.29) is 0 Å². The molecule has 0 spiro atoms. The van der Waals surface area contributed by atoms with Gasteiger partial charge in [0.15, 0.2) is 5.82 Å². The van der Waals surface area contributed by atoms with E-state index in [1.165, 1.54) is 0 Å². The molecule has 0 aliphatic rings. The summed E-state index contributed by atoms with van der Waals surface area (Å²) in [7, 11) is 0. The summed E-state index contributed by atoms with van der Waals surface area (Å²) in [5.41, 5.74) is -2.99. The van der Waals surface area contributed by atoms with E-state index in [0.29, 0.717) is 6.20 Å². The van der Waals surface area contributed by atoms with E-state index in [9.17, 15) is 22.4 Å². The average Bonchev–Trinajstić information content (AvgIpc) is 1.98. The summed E-state index contributed by atoms with van der Waals surface area (Å²) in [4.78, 5) is 12.2. The van der Waals surface area contributed by atoms with Crippen molar-refractivity contribution >= 4 is 0 Å². The van der Waals surface area contributed by atoms with E-state index in [1.54, 1.807) is 4.98 Å². The van der Waals surface area contributed by atoms with E-state index in [4.69, 9.17) is 0 Å². The first-order chi connectivity index (χ1) is 5.84. The first kappa shape index (κ1) is 9.76. The van der Waals surface area contributed by atoms with Gasteiger partial charge in [0.2, 0.25) is 0 Å². The molecule has 1 heterocycles. The number of H-pyrrole nitrogens is 1. The van der Waals surface area contributed by atoms with Gasteiger partial charge in [-0.1, -0.05) is 0 Å². The number of hydrogen-bond donors (Lipinski definition) is 1. The van der Waals surface area contributed by atoms with Crippen LogP contribution in [0.1, 0.15) is 11.1 Å². The van der Waals surface area contributed by atoms with Gasteiger partial charge in [-0.15, -0.1) is 0 Å². The zero-order valence-corrected chi connectivity index (χ0v) is 6.50. The zero-order chi connectivity index (χ0) is 10.2. The number of pyridine rings is 1. The predicted molar refractivity (Wildman–Crippen MR) is 36.8 cm³/mol. The van der Waals surface area contributed by atoms with E-state index in [2.05, 4.69) is 0 Å². The third-order valence-corrected chi connectivity index (χ3v) is 1.59. The van der Waals surface area contributed by atoms with Crippen molar-refractivity contribution in [2.45, 2.75) is 13.1 Å². The van der Waals surface area contributed by atoms with Gasteiger partial charge < -0.3 is 4.98 Å². The molecule has 1 rings (SSSR count). The van der Waals surface area contributed by atoms with Crippen LogP contribution in [-0.2, 0) is 6.18 Å². The van der Waals surface area contributed by atoms with E-state index in [0.717, 1.165) is 6.92 Å². The first-order valence-corrected chi connectivity index (χ1v) is 3.29. The minimum absolute atomic E-state index is 0.459. The van der Waals surface area contributed by atoms with Crippen LogP contribution in [0.5, 0.6) is 0 Å². The third-order valence-electron chi connectivity index (χ3n) is 1.59. The molecule has 0 atom stereocenters. The molecule has 0 amide bonds. The zero-order valence-electron chi connectivity index (χ0n) is 6.50. The highest BCUT2D eigenvalue weighted by Crippen LogP contribution is 2.30. The number of alkyl halides is 3. The summed E-state index contributed by atoms with van der Waals surface area (Å²) >= 11 is 0. The van der Waals surface area contributed by atoms with Crippen LogP contribution < -0.4 is 5.56 Å². The number of rotatable bonds is 0. The Balaban J connectivity index is 3.44. The lowest BCUT2D eigenvalue weighted by Crippen LogP contribution is -2.18. The molecule has 0 saturated heterocycles. The standard InChI is InChI=1S/C7H5F4NO/c1-3-4(7(9,10)11)2-12-6(13)5(3)8/h2H,1H3,(H,12,13). The summed E-state index contributed by atoms with van der Waals surface area (Å²) in [6.45, 7) is 0.910. The van der Waals surface area contributed by atoms with Crippen LogP contribution in [0.15, 0.2) is 11.0 Å². The number of nitrogens with one attached hydrogen (secondary N) is 1. The highest BCUT2D eigenvalue weighted by Gasteiger charge is 2.34. The van der Waals surface area contributed by atoms with Crippen LogP contribution in [0.4, 0.5) is 17.6 Å². The van der Waals surface area contributed by atoms with Gasteiger partial charge in [-0.2, -0.15) is 13.2 Å². The molecule has 0 aliphatic heterocycles. The number of halogens is 4. The molecule has 2 nitrogen and oxygen atoms in total. The fourth-order valence-electron chi connectivity index (χ4n) is 0.892. The van der Waals surface area contributed by atoms with Gasteiger partial charge >= 0.3 is 6.18 Å². The molecule has 0 bridgehead atoms. The summed E-state index contributed by atoms with van der Waals surface area (Å²) in [6, 6.07) is 0. The maximum absolute atomic E-state index is 12.7. The molecule has 0 unspecified atom stereocenters. The third kappa shape index (κ3) is 1.71. The fourth-order valence-corrected chi connectivity index (χ4v) is 0.892. The second-order valence-corrected chi connectivity index (χ2v) is 2.47. The molecule has 0 saturated carbocycles. The van der Waals surface area contributed by atoms with Crippen LogP contribution in [0.3, 0.4) is 0 Å². The molecule has 6 heteroatoms. The van der Waals surface area contributed by atoms with Gasteiger partial charge in [0.1, 0.15) is 0 Å². The van der Waals surface area contributed by atoms with Crippen molar-refractivity contribution in [1.29, 1.82) is 0 Å². The number of aromatic nitrogens is 1. The van der Waals surface area contributed by atoms with Crippen LogP contribution in [0, 0.1) is 12.7 Å². The van der Waals surface area contributed by atoms with E-state index < -0.39 is 28.7 Å². The van der Waals surface area contributed by atoms with E-state index in [1.807, 2.05) is 0 Å². The lowest BCUT2D eigenvalue weighted by atomic mass is 10.1. The molecule has 0 aromatic carbocycles. The largest absolute Gasteiger partial charge is 0.418 e. The first-order valence-electron chi connectivity index (χ1n) is 3.29. The molecule has 13 heavy (non-hydrogen) atoms. The van der Waals surface area contributed by atoms with Crippen molar-refractivity contribution in [2.24, 2.45) is 0 Å². The minimum atomic E-state index is -4.64. The van der Waals surface area contributed by atoms with Gasteiger partial charge in [-0.3, -0.25) is 4.79 Å². The number of hydrogen-bond acceptors (Lipinski definition) is 1. The Labute approximate surface area is 70.2 Å². The van der Waals surface area contributed by atoms with Crippen molar-refractivity contribution in [3.8, 4) is 0 Å². The Morgan fingerprint density at radius 1 is 1.38 bits per heavy atom. The average molecular weight is 195 g/mol. The summed E-state index contributed by atoms with van der Waals surface area (Å²) < 4.78 is 48.9. The Kier molecular flexibility index (Phi) is 2.15. The molecule has 0 radical (unpaired) electrons. The molecule has 0 aliphatic carbocycles. The summed E-state index contributed by atoms with van der Waals surface area (Å²) in [5, 5.41) is 0. The van der Waals surface area contributed by atoms with Gasteiger partial charge in [0, 0.05) is 11.8 Å². The van der Waals surface area contributed by atoms with Gasteiger partial charge in [0.25, 0.3) is 5.56 Å². The molecule has 0 fully saturated rings. The lowest BCUT2D eigenvalue weighted by molar-refractivity contribution is -0.138. The van der Waals surface area contributed by atoms with E-state index >= 15 is 0 Å². The SMILES string of the molecule is Cc1c(C(F)(F)F)c[nH]c(=O)c1F. The van der Waals surface area contributed by atoms with Gasteiger partial charge in [-0.05, 0) is 6.92 Å². The summed E-state index contributed by atoms with van der Waals surface area (Å²) in [6.07, 6.45) is -4.18. The molecule has 1 N–H and O–H groups in total. The van der Waals surface area contributed by atoms with Crippen LogP contribution in [0.25, 0.3) is 0 Å². The maximum atomic E-state index is 12.7. The summed E-state index contributed by atoms with van der Waals surface area (Å²) in [5.74, 6) is -1.39. The topological polar surface area (TPSA) is 32.9 Å². The lowest BCUT2D eigenvalue weighted by Gasteiger charge is -2.08. The molecule has 72 valence electrons. The fraction of sp³-hybridized carbons (Fsp3) is 0.286. The predicted octanol–water partition coefficient (Wildman–Crippen LogP) is 1.84. The quantitative estimate of drug-likeness (QED) is 0.629. The van der Waals surface area contributed by atoms with Crippen LogP contribution in [-0.4, -0.2) is 4.98 Å². The Morgan fingerprint density at radius 3 is 2.38 bits per heavy atom. The second-order valence-electron chi connectivity index (χ2n) is 2.47. The Bertz CT molecular complexity index is 379. The molecular formula is C7H5F4NO. The normalized spacial score (nSPS) is 11.8. The molecule has 1 aromatic heterocycles. The molecular weight excluding hydrogens is 190 g/mol. The molecule has 1 aromatic rings. The minimum Gasteiger partial charge on any atom is -0.326 e.